The predicted molar refractivity (Wildman–Crippen MR) is 72.7 cm³/mol. The quantitative estimate of drug-likeness (QED) is 0.779. The molecule has 0 amide bonds. The van der Waals surface area contributed by atoms with Crippen LogP contribution in [0.1, 0.15) is 64.2 Å². The minimum atomic E-state index is -3.79. The van der Waals surface area contributed by atoms with Crippen molar-refractivity contribution in [3.63, 3.8) is 0 Å². The number of hydrogen-bond donors (Lipinski definition) is 1. The molecule has 2 saturated carbocycles. The third-order valence-corrected chi connectivity index (χ3v) is 6.08. The maximum atomic E-state index is 11.8. The Morgan fingerprint density at radius 1 is 0.737 bits per heavy atom. The van der Waals surface area contributed by atoms with Gasteiger partial charge >= 0.3 is 7.82 Å². The molecule has 1 N–H and O–H groups in total. The summed E-state index contributed by atoms with van der Waals surface area (Å²) in [5, 5.41) is 0. The van der Waals surface area contributed by atoms with Crippen molar-refractivity contribution in [3.8, 4) is 0 Å². The lowest BCUT2D eigenvalue weighted by molar-refractivity contribution is 0.0324. The molecule has 4 nitrogen and oxygen atoms in total. The highest BCUT2D eigenvalue weighted by Crippen LogP contribution is 2.58. The van der Waals surface area contributed by atoms with E-state index >= 15 is 0 Å². The summed E-state index contributed by atoms with van der Waals surface area (Å²) in [4.78, 5) is 9.71. The normalized spacial score (nSPS) is 42.6. The van der Waals surface area contributed by atoms with Gasteiger partial charge in [-0.2, -0.15) is 0 Å². The van der Waals surface area contributed by atoms with Gasteiger partial charge in [0.15, 0.2) is 0 Å². The molecule has 1 aliphatic heterocycles. The first-order valence-electron chi connectivity index (χ1n) is 7.85. The van der Waals surface area contributed by atoms with Gasteiger partial charge in [0.25, 0.3) is 0 Å². The lowest BCUT2D eigenvalue weighted by Crippen LogP contribution is -2.38. The first kappa shape index (κ1) is 14.1. The van der Waals surface area contributed by atoms with Gasteiger partial charge in [-0.25, -0.2) is 4.57 Å². The largest absolute Gasteiger partial charge is 0.472 e. The van der Waals surface area contributed by atoms with E-state index in [-0.39, 0.29) is 12.2 Å². The monoisotopic (exact) mass is 288 g/mol. The third-order valence-electron chi connectivity index (χ3n) is 5.06. The van der Waals surface area contributed by atoms with Crippen LogP contribution < -0.4 is 0 Å². The fourth-order valence-corrected chi connectivity index (χ4v) is 5.34. The molecule has 3 rings (SSSR count). The summed E-state index contributed by atoms with van der Waals surface area (Å²) in [7, 11) is -3.79. The van der Waals surface area contributed by atoms with E-state index in [4.69, 9.17) is 9.05 Å². The van der Waals surface area contributed by atoms with Crippen molar-refractivity contribution in [3.05, 3.63) is 0 Å². The SMILES string of the molecule is O=P1(O)OC(C2CCCCC2)C(C2CCCCC2)O1. The van der Waals surface area contributed by atoms with Crippen molar-refractivity contribution in [1.82, 2.24) is 0 Å². The van der Waals surface area contributed by atoms with Crippen LogP contribution in [-0.2, 0) is 13.6 Å². The molecule has 0 bridgehead atoms. The summed E-state index contributed by atoms with van der Waals surface area (Å²) in [5.74, 6) is 0.840. The van der Waals surface area contributed by atoms with E-state index in [1.807, 2.05) is 0 Å². The van der Waals surface area contributed by atoms with E-state index < -0.39 is 7.82 Å². The van der Waals surface area contributed by atoms with E-state index in [1.165, 1.54) is 38.5 Å². The van der Waals surface area contributed by atoms with Crippen LogP contribution in [-0.4, -0.2) is 17.1 Å². The standard InChI is InChI=1S/C14H25O4P/c15-19(16)17-13(11-7-3-1-4-8-11)14(18-19)12-9-5-2-6-10-12/h11-14H,1-10H2,(H,15,16). The van der Waals surface area contributed by atoms with Gasteiger partial charge in [-0.1, -0.05) is 38.5 Å². The van der Waals surface area contributed by atoms with Gasteiger partial charge < -0.3 is 4.89 Å². The summed E-state index contributed by atoms with van der Waals surface area (Å²) in [5.41, 5.74) is 0. The lowest BCUT2D eigenvalue weighted by atomic mass is 9.77. The predicted octanol–water partition coefficient (Wildman–Crippen LogP) is 4.03. The lowest BCUT2D eigenvalue weighted by Gasteiger charge is -2.33. The summed E-state index contributed by atoms with van der Waals surface area (Å²) >= 11 is 0. The van der Waals surface area contributed by atoms with Crippen LogP contribution in [0.5, 0.6) is 0 Å². The number of phosphoric ester groups is 1. The Hall–Kier alpha value is 0.110. The van der Waals surface area contributed by atoms with Crippen molar-refractivity contribution in [2.24, 2.45) is 11.8 Å². The Bertz CT molecular complexity index is 317. The minimum absolute atomic E-state index is 0.140. The number of rotatable bonds is 2. The highest BCUT2D eigenvalue weighted by molar-refractivity contribution is 7.47. The molecular formula is C14H25O4P. The van der Waals surface area contributed by atoms with Gasteiger partial charge in [0, 0.05) is 0 Å². The van der Waals surface area contributed by atoms with E-state index in [9.17, 15) is 9.46 Å². The molecular weight excluding hydrogens is 263 g/mol. The van der Waals surface area contributed by atoms with Crippen LogP contribution in [0.4, 0.5) is 0 Å². The number of hydrogen-bond acceptors (Lipinski definition) is 3. The van der Waals surface area contributed by atoms with Crippen LogP contribution in [0.15, 0.2) is 0 Å². The summed E-state index contributed by atoms with van der Waals surface area (Å²) < 4.78 is 22.7. The molecule has 0 aromatic carbocycles. The summed E-state index contributed by atoms with van der Waals surface area (Å²) in [6.07, 6.45) is 11.7. The molecule has 3 fully saturated rings. The number of phosphoric acid groups is 1. The molecule has 0 aromatic rings. The van der Waals surface area contributed by atoms with Crippen molar-refractivity contribution < 1.29 is 18.5 Å². The molecule has 3 aliphatic rings. The van der Waals surface area contributed by atoms with Gasteiger partial charge in [0.05, 0.1) is 12.2 Å². The van der Waals surface area contributed by atoms with Gasteiger partial charge in [-0.05, 0) is 37.5 Å². The van der Waals surface area contributed by atoms with Crippen LogP contribution in [0.3, 0.4) is 0 Å². The van der Waals surface area contributed by atoms with Gasteiger partial charge in [-0.15, -0.1) is 0 Å². The molecule has 0 radical (unpaired) electrons. The molecule has 2 unspecified atom stereocenters. The van der Waals surface area contributed by atoms with Crippen molar-refractivity contribution >= 4 is 7.82 Å². The van der Waals surface area contributed by atoms with Gasteiger partial charge in [0.2, 0.25) is 0 Å². The Morgan fingerprint density at radius 2 is 1.11 bits per heavy atom. The second kappa shape index (κ2) is 5.85. The second-order valence-corrected chi connectivity index (χ2v) is 7.76. The summed E-state index contributed by atoms with van der Waals surface area (Å²) in [6, 6.07) is 0. The Balaban J connectivity index is 1.72. The first-order chi connectivity index (χ1) is 9.16. The van der Waals surface area contributed by atoms with Crippen molar-refractivity contribution in [1.29, 1.82) is 0 Å². The van der Waals surface area contributed by atoms with Gasteiger partial charge in [-0.3, -0.25) is 9.05 Å². The zero-order chi connectivity index (χ0) is 13.3. The molecule has 1 saturated heterocycles. The maximum absolute atomic E-state index is 11.8. The molecule has 2 aliphatic carbocycles. The molecule has 2 atom stereocenters. The van der Waals surface area contributed by atoms with Crippen LogP contribution >= 0.6 is 7.82 Å². The second-order valence-electron chi connectivity index (χ2n) is 6.40. The zero-order valence-electron chi connectivity index (χ0n) is 11.5. The van der Waals surface area contributed by atoms with E-state index in [0.717, 1.165) is 25.7 Å². The Kier molecular flexibility index (Phi) is 4.33. The smallest absolute Gasteiger partial charge is 0.302 e. The highest BCUT2D eigenvalue weighted by atomic mass is 31.2. The molecule has 1 heterocycles. The first-order valence-corrected chi connectivity index (χ1v) is 9.35. The average Bonchev–Trinajstić information content (AvgIpc) is 2.77. The fraction of sp³-hybridized carbons (Fsp3) is 1.00. The van der Waals surface area contributed by atoms with E-state index in [1.54, 1.807) is 0 Å². The van der Waals surface area contributed by atoms with Crippen LogP contribution in [0.25, 0.3) is 0 Å². The van der Waals surface area contributed by atoms with Crippen molar-refractivity contribution in [2.45, 2.75) is 76.4 Å². The minimum Gasteiger partial charge on any atom is -0.302 e. The molecule has 5 heteroatoms. The topological polar surface area (TPSA) is 55.8 Å². The molecule has 110 valence electrons. The molecule has 0 spiro atoms. The highest BCUT2D eigenvalue weighted by Gasteiger charge is 2.50. The zero-order valence-corrected chi connectivity index (χ0v) is 12.4. The maximum Gasteiger partial charge on any atom is 0.472 e. The van der Waals surface area contributed by atoms with Crippen LogP contribution in [0.2, 0.25) is 0 Å². The fourth-order valence-electron chi connectivity index (χ4n) is 4.09. The third kappa shape index (κ3) is 3.24. The summed E-state index contributed by atoms with van der Waals surface area (Å²) in [6.45, 7) is 0. The molecule has 19 heavy (non-hydrogen) atoms. The average molecular weight is 288 g/mol. The Morgan fingerprint density at radius 3 is 1.47 bits per heavy atom. The van der Waals surface area contributed by atoms with Gasteiger partial charge in [0.1, 0.15) is 0 Å². The molecule has 0 aromatic heterocycles. The van der Waals surface area contributed by atoms with E-state index in [0.29, 0.717) is 11.8 Å². The Labute approximate surface area is 115 Å². The van der Waals surface area contributed by atoms with Crippen LogP contribution in [0, 0.1) is 11.8 Å². The van der Waals surface area contributed by atoms with Crippen molar-refractivity contribution in [2.75, 3.05) is 0 Å². The van der Waals surface area contributed by atoms with E-state index in [2.05, 4.69) is 0 Å².